The van der Waals surface area contributed by atoms with E-state index < -0.39 is 11.2 Å². The summed E-state index contributed by atoms with van der Waals surface area (Å²) in [6.07, 6.45) is 0.650. The Morgan fingerprint density at radius 1 is 1.57 bits per heavy atom. The van der Waals surface area contributed by atoms with Crippen molar-refractivity contribution in [1.82, 2.24) is 15.2 Å². The van der Waals surface area contributed by atoms with Crippen molar-refractivity contribution in [3.05, 3.63) is 20.8 Å². The quantitative estimate of drug-likeness (QED) is 0.479. The van der Waals surface area contributed by atoms with Crippen molar-refractivity contribution >= 4 is 5.82 Å². The number of hydrogen-bond donors (Lipinski definition) is 4. The third-order valence-corrected chi connectivity index (χ3v) is 1.77. The van der Waals surface area contributed by atoms with Crippen LogP contribution in [0.3, 0.4) is 0 Å². The van der Waals surface area contributed by atoms with Gasteiger partial charge in [-0.1, -0.05) is 6.92 Å². The molecule has 1 aromatic heterocycles. The summed E-state index contributed by atoms with van der Waals surface area (Å²) in [6.45, 7) is 1.75. The highest BCUT2D eigenvalue weighted by Crippen LogP contribution is 1.96. The molecule has 0 radical (unpaired) electrons. The molecule has 1 rings (SSSR count). The van der Waals surface area contributed by atoms with Gasteiger partial charge in [0.2, 0.25) is 5.82 Å². The molecule has 0 saturated heterocycles. The second-order valence-corrected chi connectivity index (χ2v) is 2.79. The first-order valence-corrected chi connectivity index (χ1v) is 4.23. The van der Waals surface area contributed by atoms with Crippen LogP contribution < -0.4 is 16.6 Å². The van der Waals surface area contributed by atoms with E-state index in [0.29, 0.717) is 6.42 Å². The third kappa shape index (κ3) is 2.43. The van der Waals surface area contributed by atoms with E-state index in [1.807, 2.05) is 11.9 Å². The lowest BCUT2D eigenvalue weighted by molar-refractivity contribution is 0.271. The predicted octanol–water partition coefficient (Wildman–Crippen LogP) is -1.36. The molecule has 0 aliphatic carbocycles. The first-order chi connectivity index (χ1) is 6.67. The second kappa shape index (κ2) is 4.56. The van der Waals surface area contributed by atoms with E-state index >= 15 is 0 Å². The van der Waals surface area contributed by atoms with Gasteiger partial charge in [0.1, 0.15) is 0 Å². The number of rotatable bonds is 4. The van der Waals surface area contributed by atoms with Gasteiger partial charge in [-0.15, -0.1) is 5.10 Å². The third-order valence-electron chi connectivity index (χ3n) is 1.77. The molecule has 1 heterocycles. The van der Waals surface area contributed by atoms with Gasteiger partial charge < -0.3 is 10.4 Å². The Hall–Kier alpha value is -1.63. The van der Waals surface area contributed by atoms with Crippen molar-refractivity contribution in [2.75, 3.05) is 11.9 Å². The van der Waals surface area contributed by atoms with Crippen LogP contribution in [0.1, 0.15) is 13.3 Å². The number of H-pyrrole nitrogens is 2. The summed E-state index contributed by atoms with van der Waals surface area (Å²) < 4.78 is 0. The van der Waals surface area contributed by atoms with E-state index in [1.165, 1.54) is 0 Å². The molecule has 0 spiro atoms. The van der Waals surface area contributed by atoms with Gasteiger partial charge >= 0.3 is 5.69 Å². The predicted molar refractivity (Wildman–Crippen MR) is 50.3 cm³/mol. The summed E-state index contributed by atoms with van der Waals surface area (Å²) >= 11 is 0. The summed E-state index contributed by atoms with van der Waals surface area (Å²) in [4.78, 5) is 23.8. The second-order valence-electron chi connectivity index (χ2n) is 2.79. The molecule has 0 aromatic carbocycles. The molecule has 7 nitrogen and oxygen atoms in total. The van der Waals surface area contributed by atoms with Crippen LogP contribution in [0.25, 0.3) is 0 Å². The number of anilines is 1. The molecule has 14 heavy (non-hydrogen) atoms. The highest BCUT2D eigenvalue weighted by molar-refractivity contribution is 5.30. The lowest BCUT2D eigenvalue weighted by atomic mass is 10.2. The van der Waals surface area contributed by atoms with Crippen molar-refractivity contribution in [2.24, 2.45) is 0 Å². The first kappa shape index (κ1) is 10.5. The lowest BCUT2D eigenvalue weighted by Gasteiger charge is -2.12. The minimum absolute atomic E-state index is 0.00509. The van der Waals surface area contributed by atoms with Gasteiger partial charge in [-0.25, -0.2) is 9.89 Å². The van der Waals surface area contributed by atoms with Gasteiger partial charge in [-0.05, 0) is 6.42 Å². The number of aromatic nitrogens is 3. The number of hydrogen-bond acceptors (Lipinski definition) is 5. The average Bonchev–Trinajstić information content (AvgIpc) is 2.17. The Morgan fingerprint density at radius 2 is 2.29 bits per heavy atom. The highest BCUT2D eigenvalue weighted by Gasteiger charge is 2.08. The van der Waals surface area contributed by atoms with E-state index in [-0.39, 0.29) is 18.5 Å². The van der Waals surface area contributed by atoms with Gasteiger partial charge in [0.05, 0.1) is 12.6 Å². The maximum atomic E-state index is 11.1. The van der Waals surface area contributed by atoms with Crippen LogP contribution in [-0.4, -0.2) is 32.9 Å². The summed E-state index contributed by atoms with van der Waals surface area (Å²) in [5, 5.41) is 17.2. The number of nitrogens with zero attached hydrogens (tertiary/aromatic N) is 1. The monoisotopic (exact) mass is 200 g/mol. The van der Waals surface area contributed by atoms with Crippen LogP contribution in [-0.2, 0) is 0 Å². The van der Waals surface area contributed by atoms with Crippen molar-refractivity contribution in [2.45, 2.75) is 19.4 Å². The summed E-state index contributed by atoms with van der Waals surface area (Å²) in [7, 11) is 0. The van der Waals surface area contributed by atoms with Crippen LogP contribution in [0.4, 0.5) is 5.82 Å². The Morgan fingerprint density at radius 3 is 2.79 bits per heavy atom. The molecule has 1 unspecified atom stereocenters. The fourth-order valence-corrected chi connectivity index (χ4v) is 0.916. The largest absolute Gasteiger partial charge is 0.394 e. The molecule has 0 aliphatic heterocycles. The molecule has 7 heteroatoms. The standard InChI is InChI=1S/C7H12N4O3/c1-2-4(3-12)8-5-6(13)9-7(14)11-10-5/h4,12H,2-3H2,1H3,(H,8,10)(H2,9,11,13,14). The normalized spacial score (nSPS) is 12.4. The smallest absolute Gasteiger partial charge is 0.342 e. The fourth-order valence-electron chi connectivity index (χ4n) is 0.916. The Balaban J connectivity index is 2.86. The summed E-state index contributed by atoms with van der Waals surface area (Å²) in [5.74, 6) is 0.00509. The SMILES string of the molecule is CCC(CO)Nc1n[nH]c(=O)[nH]c1=O. The molecule has 0 aliphatic rings. The van der Waals surface area contributed by atoms with E-state index in [9.17, 15) is 9.59 Å². The minimum atomic E-state index is -0.655. The zero-order chi connectivity index (χ0) is 10.6. The number of nitrogens with one attached hydrogen (secondary N) is 3. The first-order valence-electron chi connectivity index (χ1n) is 4.23. The highest BCUT2D eigenvalue weighted by atomic mass is 16.3. The molecule has 0 fully saturated rings. The zero-order valence-corrected chi connectivity index (χ0v) is 7.70. The van der Waals surface area contributed by atoms with E-state index in [1.54, 1.807) is 0 Å². The molecule has 0 amide bonds. The summed E-state index contributed by atoms with van der Waals surface area (Å²) in [5.41, 5.74) is -1.25. The van der Waals surface area contributed by atoms with Crippen molar-refractivity contribution in [1.29, 1.82) is 0 Å². The molecular weight excluding hydrogens is 188 g/mol. The van der Waals surface area contributed by atoms with Crippen molar-refractivity contribution in [3.63, 3.8) is 0 Å². The number of aliphatic hydroxyl groups excluding tert-OH is 1. The van der Waals surface area contributed by atoms with E-state index in [0.717, 1.165) is 0 Å². The Labute approximate surface area is 79.2 Å². The molecule has 78 valence electrons. The van der Waals surface area contributed by atoms with Gasteiger partial charge in [0.15, 0.2) is 0 Å². The van der Waals surface area contributed by atoms with Gasteiger partial charge in [0, 0.05) is 0 Å². The van der Waals surface area contributed by atoms with Gasteiger partial charge in [-0.3, -0.25) is 9.78 Å². The number of aliphatic hydroxyl groups is 1. The lowest BCUT2D eigenvalue weighted by Crippen LogP contribution is -2.32. The maximum absolute atomic E-state index is 11.1. The number of aromatic amines is 2. The summed E-state index contributed by atoms with van der Waals surface area (Å²) in [6, 6.07) is -0.241. The zero-order valence-electron chi connectivity index (χ0n) is 7.70. The van der Waals surface area contributed by atoms with Crippen molar-refractivity contribution in [3.8, 4) is 0 Å². The maximum Gasteiger partial charge on any atom is 0.342 e. The topological polar surface area (TPSA) is 111 Å². The van der Waals surface area contributed by atoms with E-state index in [2.05, 4.69) is 15.5 Å². The minimum Gasteiger partial charge on any atom is -0.394 e. The Bertz CT molecular complexity index is 392. The molecule has 4 N–H and O–H groups in total. The van der Waals surface area contributed by atoms with Gasteiger partial charge in [0.25, 0.3) is 5.56 Å². The van der Waals surface area contributed by atoms with E-state index in [4.69, 9.17) is 5.11 Å². The van der Waals surface area contributed by atoms with Crippen LogP contribution in [0.15, 0.2) is 9.59 Å². The molecule has 1 aromatic rings. The Kier molecular flexibility index (Phi) is 3.41. The fraction of sp³-hybridized carbons (Fsp3) is 0.571. The van der Waals surface area contributed by atoms with Crippen molar-refractivity contribution < 1.29 is 5.11 Å². The molecule has 0 bridgehead atoms. The molecule has 0 saturated carbocycles. The van der Waals surface area contributed by atoms with Crippen LogP contribution in [0.2, 0.25) is 0 Å². The van der Waals surface area contributed by atoms with Crippen LogP contribution in [0, 0.1) is 0 Å². The molecule has 1 atom stereocenters. The van der Waals surface area contributed by atoms with Gasteiger partial charge in [-0.2, -0.15) is 0 Å². The van der Waals surface area contributed by atoms with Crippen LogP contribution in [0.5, 0.6) is 0 Å². The average molecular weight is 200 g/mol. The molecular formula is C7H12N4O3. The van der Waals surface area contributed by atoms with Crippen LogP contribution >= 0.6 is 0 Å².